The standard InChI is InChI=1S/C18H28O3S.NO3/c1-3-4-5-6-7-8-11-22(19)15(2)12-16-9-10-17-18(13-16)21-14-20-17;2-1(3)4/h9-10,13,15H,3-8,11-12,14H2,1-2H3;/q;-1. The van der Waals surface area contributed by atoms with Crippen LogP contribution in [0.3, 0.4) is 0 Å². The molecular weight excluding hydrogens is 358 g/mol. The summed E-state index contributed by atoms with van der Waals surface area (Å²) in [6.45, 7) is 4.61. The Morgan fingerprint density at radius 3 is 2.42 bits per heavy atom. The molecule has 26 heavy (non-hydrogen) atoms. The first-order valence-electron chi connectivity index (χ1n) is 9.01. The minimum absolute atomic E-state index is 0.191. The quantitative estimate of drug-likeness (QED) is 0.339. The second kappa shape index (κ2) is 12.5. The van der Waals surface area contributed by atoms with E-state index in [1.165, 1.54) is 37.7 Å². The molecule has 0 spiro atoms. The van der Waals surface area contributed by atoms with Gasteiger partial charge in [0.25, 0.3) is 0 Å². The van der Waals surface area contributed by atoms with Crippen molar-refractivity contribution >= 4 is 10.8 Å². The van der Waals surface area contributed by atoms with Crippen LogP contribution in [0.5, 0.6) is 11.5 Å². The number of nitrogens with zero attached hydrogens (tertiary/aromatic N) is 1. The zero-order chi connectivity index (χ0) is 19.4. The molecular formula is C18H28NO6S-. The Balaban J connectivity index is 0.000000765. The van der Waals surface area contributed by atoms with E-state index in [2.05, 4.69) is 13.8 Å². The molecule has 0 aliphatic carbocycles. The molecule has 1 aromatic rings. The average Bonchev–Trinajstić information content (AvgIpc) is 3.05. The van der Waals surface area contributed by atoms with Gasteiger partial charge in [0.2, 0.25) is 6.79 Å². The summed E-state index contributed by atoms with van der Waals surface area (Å²) in [5.74, 6) is 2.45. The molecule has 0 saturated heterocycles. The maximum Gasteiger partial charge on any atom is 0.231 e. The number of fused-ring (bicyclic) bond motifs is 1. The lowest BCUT2D eigenvalue weighted by Crippen LogP contribution is -2.16. The summed E-state index contributed by atoms with van der Waals surface area (Å²) in [5, 5.41) is 14.9. The van der Waals surface area contributed by atoms with E-state index in [-0.39, 0.29) is 5.25 Å². The molecule has 0 aromatic heterocycles. The van der Waals surface area contributed by atoms with E-state index in [0.717, 1.165) is 30.1 Å². The Hall–Kier alpha value is -1.83. The van der Waals surface area contributed by atoms with Crippen molar-refractivity contribution in [2.24, 2.45) is 0 Å². The van der Waals surface area contributed by atoms with E-state index in [1.54, 1.807) is 0 Å². The minimum atomic E-state index is -1.75. The Morgan fingerprint density at radius 1 is 1.12 bits per heavy atom. The van der Waals surface area contributed by atoms with Gasteiger partial charge < -0.3 is 24.8 Å². The molecule has 1 aliphatic heterocycles. The smallest absolute Gasteiger partial charge is 0.231 e. The molecule has 0 radical (unpaired) electrons. The highest BCUT2D eigenvalue weighted by molar-refractivity contribution is 7.85. The number of hydrogen-bond donors (Lipinski definition) is 0. The summed E-state index contributed by atoms with van der Waals surface area (Å²) in [6, 6.07) is 6.01. The minimum Gasteiger partial charge on any atom is -0.454 e. The van der Waals surface area contributed by atoms with Crippen molar-refractivity contribution in [3.8, 4) is 11.5 Å². The van der Waals surface area contributed by atoms with Crippen molar-refractivity contribution in [3.05, 3.63) is 39.1 Å². The van der Waals surface area contributed by atoms with Crippen molar-refractivity contribution in [3.63, 3.8) is 0 Å². The molecule has 0 fully saturated rings. The summed E-state index contributed by atoms with van der Waals surface area (Å²) >= 11 is 0. The topological polar surface area (TPSA) is 102 Å². The highest BCUT2D eigenvalue weighted by Gasteiger charge is 2.16. The second-order valence-electron chi connectivity index (χ2n) is 6.28. The fraction of sp³-hybridized carbons (Fsp3) is 0.667. The van der Waals surface area contributed by atoms with Gasteiger partial charge in [-0.05, 0) is 30.5 Å². The van der Waals surface area contributed by atoms with Gasteiger partial charge in [0, 0.05) is 21.8 Å². The molecule has 2 rings (SSSR count). The number of ether oxygens (including phenoxy) is 2. The van der Waals surface area contributed by atoms with Crippen LogP contribution in [0.4, 0.5) is 0 Å². The van der Waals surface area contributed by atoms with E-state index in [9.17, 15) is 4.21 Å². The normalized spacial score (nSPS) is 14.2. The molecule has 1 aliphatic rings. The first-order chi connectivity index (χ1) is 12.4. The SMILES string of the molecule is CCCCCCCCS(=O)C(C)Cc1ccc2c(c1)OCO2.O=[N+]([O-])[O-]. The summed E-state index contributed by atoms with van der Waals surface area (Å²) in [5.41, 5.74) is 1.17. The third-order valence-corrected chi connectivity index (χ3v) is 5.86. The van der Waals surface area contributed by atoms with Gasteiger partial charge in [0.1, 0.15) is 0 Å². The van der Waals surface area contributed by atoms with Gasteiger partial charge in [-0.2, -0.15) is 0 Å². The zero-order valence-corrected chi connectivity index (χ0v) is 16.3. The van der Waals surface area contributed by atoms with Crippen LogP contribution >= 0.6 is 0 Å². The molecule has 2 atom stereocenters. The summed E-state index contributed by atoms with van der Waals surface area (Å²) in [7, 11) is -0.743. The largest absolute Gasteiger partial charge is 0.454 e. The van der Waals surface area contributed by atoms with Gasteiger partial charge in [-0.1, -0.05) is 52.0 Å². The van der Waals surface area contributed by atoms with Gasteiger partial charge in [0.05, 0.1) is 5.09 Å². The van der Waals surface area contributed by atoms with Crippen LogP contribution in [0.1, 0.15) is 57.9 Å². The molecule has 0 saturated carbocycles. The van der Waals surface area contributed by atoms with E-state index >= 15 is 0 Å². The lowest BCUT2D eigenvalue weighted by molar-refractivity contribution is -0.402. The molecule has 0 bridgehead atoms. The molecule has 7 nitrogen and oxygen atoms in total. The van der Waals surface area contributed by atoms with Gasteiger partial charge in [0.15, 0.2) is 11.5 Å². The van der Waals surface area contributed by atoms with E-state index in [4.69, 9.17) is 24.8 Å². The van der Waals surface area contributed by atoms with Crippen LogP contribution in [-0.4, -0.2) is 27.1 Å². The fourth-order valence-electron chi connectivity index (χ4n) is 2.72. The number of hydrogen-bond acceptors (Lipinski definition) is 6. The van der Waals surface area contributed by atoms with Gasteiger partial charge in [-0.25, -0.2) is 0 Å². The summed E-state index contributed by atoms with van der Waals surface area (Å²) < 4.78 is 23.0. The van der Waals surface area contributed by atoms with Gasteiger partial charge in [-0.3, -0.25) is 4.21 Å². The molecule has 1 heterocycles. The van der Waals surface area contributed by atoms with E-state index in [0.29, 0.717) is 6.79 Å². The second-order valence-corrected chi connectivity index (χ2v) is 8.25. The fourth-order valence-corrected chi connectivity index (χ4v) is 3.99. The molecule has 1 aromatic carbocycles. The van der Waals surface area contributed by atoms with Crippen LogP contribution in [0.2, 0.25) is 0 Å². The maximum atomic E-state index is 12.3. The summed E-state index contributed by atoms with van der Waals surface area (Å²) in [4.78, 5) is 8.25. The van der Waals surface area contributed by atoms with Crippen LogP contribution in [0.25, 0.3) is 0 Å². The van der Waals surface area contributed by atoms with Crippen molar-refractivity contribution in [1.82, 2.24) is 0 Å². The van der Waals surface area contributed by atoms with Gasteiger partial charge in [-0.15, -0.1) is 0 Å². The van der Waals surface area contributed by atoms with Crippen molar-refractivity contribution in [2.75, 3.05) is 12.5 Å². The van der Waals surface area contributed by atoms with Crippen LogP contribution in [0.15, 0.2) is 18.2 Å². The number of rotatable bonds is 10. The predicted molar refractivity (Wildman–Crippen MR) is 102 cm³/mol. The Kier molecular flexibility index (Phi) is 10.7. The highest BCUT2D eigenvalue weighted by atomic mass is 32.2. The highest BCUT2D eigenvalue weighted by Crippen LogP contribution is 2.33. The molecule has 2 unspecified atom stereocenters. The lowest BCUT2D eigenvalue weighted by atomic mass is 10.1. The molecule has 148 valence electrons. The first kappa shape index (κ1) is 22.2. The van der Waals surface area contributed by atoms with Crippen molar-refractivity contribution in [2.45, 2.75) is 64.0 Å². The lowest BCUT2D eigenvalue weighted by Gasteiger charge is -2.12. The molecule has 0 N–H and O–H groups in total. The Bertz CT molecular complexity index is 577. The van der Waals surface area contributed by atoms with Crippen LogP contribution in [-0.2, 0) is 17.2 Å². The third-order valence-electron chi connectivity index (χ3n) is 4.11. The summed E-state index contributed by atoms with van der Waals surface area (Å²) in [6.07, 6.45) is 8.32. The third kappa shape index (κ3) is 9.03. The van der Waals surface area contributed by atoms with Crippen LogP contribution in [0, 0.1) is 15.3 Å². The van der Waals surface area contributed by atoms with Crippen molar-refractivity contribution < 1.29 is 18.8 Å². The van der Waals surface area contributed by atoms with Gasteiger partial charge >= 0.3 is 0 Å². The van der Waals surface area contributed by atoms with Crippen molar-refractivity contribution in [1.29, 1.82) is 0 Å². The first-order valence-corrected chi connectivity index (χ1v) is 10.4. The number of benzene rings is 1. The molecule has 0 amide bonds. The Labute approximate surface area is 157 Å². The van der Waals surface area contributed by atoms with Crippen LogP contribution < -0.4 is 9.47 Å². The monoisotopic (exact) mass is 386 g/mol. The van der Waals surface area contributed by atoms with E-state index in [1.807, 2.05) is 18.2 Å². The zero-order valence-electron chi connectivity index (χ0n) is 15.5. The van der Waals surface area contributed by atoms with E-state index < -0.39 is 15.9 Å². The Morgan fingerprint density at radius 2 is 1.73 bits per heavy atom. The molecule has 8 heteroatoms. The maximum absolute atomic E-state index is 12.3. The average molecular weight is 386 g/mol. The number of unbranched alkanes of at least 4 members (excludes halogenated alkanes) is 5. The predicted octanol–water partition coefficient (Wildman–Crippen LogP) is 4.22.